The van der Waals surface area contributed by atoms with Crippen molar-refractivity contribution in [2.45, 2.75) is 50.6 Å². The van der Waals surface area contributed by atoms with Crippen molar-refractivity contribution in [3.05, 3.63) is 35.9 Å². The van der Waals surface area contributed by atoms with Crippen molar-refractivity contribution in [1.29, 1.82) is 5.41 Å². The average molecular weight is 503 g/mol. The van der Waals surface area contributed by atoms with Gasteiger partial charge in [-0.2, -0.15) is 0 Å². The van der Waals surface area contributed by atoms with Crippen LogP contribution in [-0.4, -0.2) is 67.2 Å². The molecule has 0 aromatic heterocycles. The molecule has 0 spiro atoms. The van der Waals surface area contributed by atoms with Gasteiger partial charge in [-0.15, -0.1) is 24.8 Å². The van der Waals surface area contributed by atoms with Crippen LogP contribution in [0.1, 0.15) is 37.7 Å². The molecule has 2 rings (SSSR count). The molecule has 186 valence electrons. The van der Waals surface area contributed by atoms with E-state index in [9.17, 15) is 14.4 Å². The largest absolute Gasteiger partial charge is 0.370 e. The molecular weight excluding hydrogens is 467 g/mol. The Morgan fingerprint density at radius 1 is 1.24 bits per heavy atom. The number of aldehydes is 1. The summed E-state index contributed by atoms with van der Waals surface area (Å²) in [6.45, 7) is 1.60. The van der Waals surface area contributed by atoms with E-state index in [2.05, 4.69) is 16.0 Å². The highest BCUT2D eigenvalue weighted by atomic mass is 35.5. The first-order valence-corrected chi connectivity index (χ1v) is 10.9. The summed E-state index contributed by atoms with van der Waals surface area (Å²) in [4.78, 5) is 38.6. The zero-order chi connectivity index (χ0) is 22.5. The normalized spacial score (nSPS) is 15.7. The number of carbonyl (C=O) groups excluding carboxylic acids is 3. The van der Waals surface area contributed by atoms with E-state index in [1.807, 2.05) is 30.3 Å². The van der Waals surface area contributed by atoms with Gasteiger partial charge in [-0.1, -0.05) is 36.8 Å². The maximum atomic E-state index is 13.1. The van der Waals surface area contributed by atoms with Crippen molar-refractivity contribution < 1.29 is 14.4 Å². The lowest BCUT2D eigenvalue weighted by Crippen LogP contribution is -2.52. The molecule has 1 fully saturated rings. The third-order valence-corrected chi connectivity index (χ3v) is 5.29. The molecule has 2 atom stereocenters. The Hall–Kier alpha value is -2.36. The highest BCUT2D eigenvalue weighted by Gasteiger charge is 2.27. The smallest absolute Gasteiger partial charge is 0.240 e. The van der Waals surface area contributed by atoms with Gasteiger partial charge in [0.2, 0.25) is 11.8 Å². The van der Waals surface area contributed by atoms with Gasteiger partial charge < -0.3 is 31.4 Å². The van der Waals surface area contributed by atoms with Crippen molar-refractivity contribution in [2.75, 3.05) is 26.2 Å². The number of amides is 2. The molecule has 2 amide bonds. The standard InChI is InChI=1S/C22H34N6O3.2ClH/c23-22(24)26-13-6-9-18(16-29)27-20(30)15-28(14-11-17-7-2-1-3-8-17)21(31)19-10-4-5-12-25-19;;/h1-3,7-8,16,18-19,25H,4-6,9-15H2,(H,27,30)(H4,23,24,26);2*1H/t18-,19+;;/m0../s1. The van der Waals surface area contributed by atoms with Crippen LogP contribution >= 0.6 is 24.8 Å². The summed E-state index contributed by atoms with van der Waals surface area (Å²) in [5.74, 6) is -0.552. The molecule has 0 radical (unpaired) electrons. The van der Waals surface area contributed by atoms with Crippen molar-refractivity contribution in [1.82, 2.24) is 20.9 Å². The first kappa shape index (κ1) is 30.6. The number of hydrogen-bond acceptors (Lipinski definition) is 5. The van der Waals surface area contributed by atoms with Crippen LogP contribution < -0.4 is 21.7 Å². The van der Waals surface area contributed by atoms with E-state index in [0.717, 1.165) is 31.4 Å². The average Bonchev–Trinajstić information content (AvgIpc) is 2.79. The van der Waals surface area contributed by atoms with Gasteiger partial charge in [-0.05, 0) is 44.2 Å². The van der Waals surface area contributed by atoms with Gasteiger partial charge in [0.15, 0.2) is 5.96 Å². The fraction of sp³-hybridized carbons (Fsp3) is 0.545. The first-order valence-electron chi connectivity index (χ1n) is 10.9. The van der Waals surface area contributed by atoms with Crippen LogP contribution in [0.15, 0.2) is 30.3 Å². The summed E-state index contributed by atoms with van der Waals surface area (Å²) in [5.41, 5.74) is 6.33. The molecule has 1 aliphatic heterocycles. The van der Waals surface area contributed by atoms with Crippen molar-refractivity contribution >= 4 is 48.9 Å². The van der Waals surface area contributed by atoms with Gasteiger partial charge in [0.1, 0.15) is 6.29 Å². The second-order valence-electron chi connectivity index (χ2n) is 7.79. The van der Waals surface area contributed by atoms with Gasteiger partial charge in [0.25, 0.3) is 0 Å². The molecule has 0 unspecified atom stereocenters. The molecule has 1 aliphatic rings. The highest BCUT2D eigenvalue weighted by Crippen LogP contribution is 2.11. The van der Waals surface area contributed by atoms with Gasteiger partial charge in [0, 0.05) is 13.1 Å². The second-order valence-corrected chi connectivity index (χ2v) is 7.79. The molecule has 6 N–H and O–H groups in total. The van der Waals surface area contributed by atoms with Crippen LogP contribution in [0.5, 0.6) is 0 Å². The molecule has 9 nitrogen and oxygen atoms in total. The molecule has 1 saturated heterocycles. The molecule has 0 aliphatic carbocycles. The number of guanidine groups is 1. The minimum absolute atomic E-state index is 0. The highest BCUT2D eigenvalue weighted by molar-refractivity contribution is 5.88. The molecule has 0 bridgehead atoms. The summed E-state index contributed by atoms with van der Waals surface area (Å²) >= 11 is 0. The van der Waals surface area contributed by atoms with Crippen molar-refractivity contribution in [3.63, 3.8) is 0 Å². The van der Waals surface area contributed by atoms with E-state index in [0.29, 0.717) is 38.6 Å². The van der Waals surface area contributed by atoms with E-state index in [4.69, 9.17) is 11.1 Å². The fourth-order valence-electron chi connectivity index (χ4n) is 3.60. The first-order chi connectivity index (χ1) is 15.0. The Morgan fingerprint density at radius 3 is 2.58 bits per heavy atom. The lowest BCUT2D eigenvalue weighted by Gasteiger charge is -2.30. The molecule has 1 aromatic carbocycles. The Labute approximate surface area is 207 Å². The molecule has 0 saturated carbocycles. The van der Waals surface area contributed by atoms with Crippen LogP contribution in [0.25, 0.3) is 0 Å². The van der Waals surface area contributed by atoms with Crippen LogP contribution in [0.2, 0.25) is 0 Å². The van der Waals surface area contributed by atoms with Gasteiger partial charge in [-0.3, -0.25) is 15.0 Å². The molecule has 33 heavy (non-hydrogen) atoms. The number of piperidine rings is 1. The van der Waals surface area contributed by atoms with Gasteiger partial charge in [-0.25, -0.2) is 0 Å². The number of carbonyl (C=O) groups is 3. The number of hydrogen-bond donors (Lipinski definition) is 5. The molecular formula is C22H36Cl2N6O3. The molecule has 1 aromatic rings. The lowest BCUT2D eigenvalue weighted by molar-refractivity contribution is -0.138. The van der Waals surface area contributed by atoms with E-state index in [1.165, 1.54) is 0 Å². The summed E-state index contributed by atoms with van der Waals surface area (Å²) in [6.07, 6.45) is 5.16. The predicted molar refractivity (Wildman–Crippen MR) is 134 cm³/mol. The lowest BCUT2D eigenvalue weighted by atomic mass is 10.0. The quantitative estimate of drug-likeness (QED) is 0.125. The fourth-order valence-corrected chi connectivity index (χ4v) is 3.60. The Kier molecular flexibility index (Phi) is 15.9. The number of nitrogens with zero attached hydrogens (tertiary/aromatic N) is 1. The summed E-state index contributed by atoms with van der Waals surface area (Å²) in [7, 11) is 0. The van der Waals surface area contributed by atoms with E-state index >= 15 is 0 Å². The van der Waals surface area contributed by atoms with Crippen molar-refractivity contribution in [3.8, 4) is 0 Å². The maximum absolute atomic E-state index is 13.1. The minimum atomic E-state index is -0.639. The Bertz CT molecular complexity index is 732. The summed E-state index contributed by atoms with van der Waals surface area (Å²) in [6, 6.07) is 8.94. The van der Waals surface area contributed by atoms with E-state index < -0.39 is 6.04 Å². The zero-order valence-electron chi connectivity index (χ0n) is 18.8. The Morgan fingerprint density at radius 2 is 1.97 bits per heavy atom. The van der Waals surface area contributed by atoms with Gasteiger partial charge in [0.05, 0.1) is 18.6 Å². The monoisotopic (exact) mass is 502 g/mol. The number of benzene rings is 1. The number of halogens is 2. The van der Waals surface area contributed by atoms with E-state index in [1.54, 1.807) is 4.90 Å². The SMILES string of the molecule is Cl.Cl.N=C(N)NCCC[C@@H](C=O)NC(=O)CN(CCc1ccccc1)C(=O)[C@H]1CCCCN1. The topological polar surface area (TPSA) is 140 Å². The third-order valence-electron chi connectivity index (χ3n) is 5.29. The van der Waals surface area contributed by atoms with Crippen LogP contribution in [0.3, 0.4) is 0 Å². The molecule has 1 heterocycles. The molecule has 11 heteroatoms. The number of nitrogens with one attached hydrogen (secondary N) is 4. The van der Waals surface area contributed by atoms with Crippen LogP contribution in [0, 0.1) is 5.41 Å². The predicted octanol–water partition coefficient (Wildman–Crippen LogP) is 0.990. The summed E-state index contributed by atoms with van der Waals surface area (Å²) < 4.78 is 0. The van der Waals surface area contributed by atoms with Crippen molar-refractivity contribution in [2.24, 2.45) is 5.73 Å². The van der Waals surface area contributed by atoms with E-state index in [-0.39, 0.29) is 55.2 Å². The van der Waals surface area contributed by atoms with Crippen LogP contribution in [-0.2, 0) is 20.8 Å². The number of rotatable bonds is 12. The minimum Gasteiger partial charge on any atom is -0.370 e. The maximum Gasteiger partial charge on any atom is 0.240 e. The zero-order valence-corrected chi connectivity index (χ0v) is 20.4. The third kappa shape index (κ3) is 11.9. The van der Waals surface area contributed by atoms with Gasteiger partial charge >= 0.3 is 0 Å². The van der Waals surface area contributed by atoms with Crippen LogP contribution in [0.4, 0.5) is 0 Å². The second kappa shape index (κ2) is 17.2. The summed E-state index contributed by atoms with van der Waals surface area (Å²) in [5, 5.41) is 15.8. The number of nitrogens with two attached hydrogens (primary N) is 1. The Balaban J connectivity index is 0.00000512.